The number of anilines is 1. The molecule has 0 saturated heterocycles. The minimum Gasteiger partial charge on any atom is -0.497 e. The van der Waals surface area contributed by atoms with E-state index in [1.165, 1.54) is 11.3 Å². The van der Waals surface area contributed by atoms with Gasteiger partial charge in [0.25, 0.3) is 0 Å². The molecule has 0 atom stereocenters. The summed E-state index contributed by atoms with van der Waals surface area (Å²) in [4.78, 5) is 22.9. The highest BCUT2D eigenvalue weighted by atomic mass is 35.5. The summed E-state index contributed by atoms with van der Waals surface area (Å²) in [5.41, 5.74) is 0.693. The number of carbonyl (C=O) groups is 1. The molecule has 1 amide bonds. The Bertz CT molecular complexity index is 1050. The van der Waals surface area contributed by atoms with Crippen LogP contribution in [0.2, 0.25) is 5.02 Å². The number of methoxy groups -OCH3 is 2. The monoisotopic (exact) mass is 529 g/mol. The van der Waals surface area contributed by atoms with Gasteiger partial charge in [0.2, 0.25) is 5.91 Å². The van der Waals surface area contributed by atoms with E-state index in [1.54, 1.807) is 43.0 Å². The zero-order valence-electron chi connectivity index (χ0n) is 19.2. The van der Waals surface area contributed by atoms with Crippen molar-refractivity contribution in [2.24, 2.45) is 0 Å². The number of hydrogen-bond donors (Lipinski definition) is 0. The molecule has 0 aliphatic carbocycles. The Labute approximate surface area is 214 Å². The van der Waals surface area contributed by atoms with E-state index in [1.807, 2.05) is 38.4 Å². The SMILES string of the molecule is COc1ccc(SCCC(=O)N(CCCN(C)C)c2nc3c(OC)ccc(Cl)c3s2)cc1.Cl. The van der Waals surface area contributed by atoms with Gasteiger partial charge in [-0.2, -0.15) is 0 Å². The highest BCUT2D eigenvalue weighted by Gasteiger charge is 2.21. The van der Waals surface area contributed by atoms with Crippen LogP contribution in [0, 0.1) is 0 Å². The Hall–Kier alpha value is -1.71. The van der Waals surface area contributed by atoms with E-state index in [-0.39, 0.29) is 18.3 Å². The number of aromatic nitrogens is 1. The van der Waals surface area contributed by atoms with Gasteiger partial charge in [-0.1, -0.05) is 22.9 Å². The minimum absolute atomic E-state index is 0. The van der Waals surface area contributed by atoms with E-state index in [0.29, 0.717) is 40.1 Å². The Balaban J connectivity index is 0.00000385. The number of ether oxygens (including phenoxy) is 2. The number of halogens is 2. The standard InChI is InChI=1S/C23H28ClN3O3S2.ClH/c1-26(2)13-5-14-27(20(28)12-15-31-17-8-6-16(29-3)7-9-17)23-25-21-19(30-4)11-10-18(24)22(21)32-23;/h6-11H,5,12-15H2,1-4H3;1H. The summed E-state index contributed by atoms with van der Waals surface area (Å²) in [6.45, 7) is 1.49. The molecule has 2 aromatic carbocycles. The number of rotatable bonds is 11. The molecule has 0 saturated carbocycles. The average Bonchev–Trinajstić information content (AvgIpc) is 3.23. The minimum atomic E-state index is 0. The van der Waals surface area contributed by atoms with E-state index in [4.69, 9.17) is 26.1 Å². The molecule has 180 valence electrons. The van der Waals surface area contributed by atoms with E-state index in [0.717, 1.165) is 28.3 Å². The van der Waals surface area contributed by atoms with Crippen molar-refractivity contribution in [3.05, 3.63) is 41.4 Å². The summed E-state index contributed by atoms with van der Waals surface area (Å²) in [5.74, 6) is 2.22. The molecule has 0 fully saturated rings. The normalized spacial score (nSPS) is 10.8. The van der Waals surface area contributed by atoms with Crippen LogP contribution >= 0.6 is 47.1 Å². The summed E-state index contributed by atoms with van der Waals surface area (Å²) in [6.07, 6.45) is 1.27. The fourth-order valence-corrected chi connectivity index (χ4v) is 5.30. The Morgan fingerprint density at radius 1 is 1.09 bits per heavy atom. The van der Waals surface area contributed by atoms with Crippen molar-refractivity contribution in [2.45, 2.75) is 17.7 Å². The molecular formula is C23H29Cl2N3O3S2. The molecule has 3 aromatic rings. The second kappa shape index (κ2) is 13.2. The maximum atomic E-state index is 13.2. The topological polar surface area (TPSA) is 54.9 Å². The first-order chi connectivity index (χ1) is 15.4. The van der Waals surface area contributed by atoms with Crippen LogP contribution in [0.3, 0.4) is 0 Å². The lowest BCUT2D eigenvalue weighted by molar-refractivity contribution is -0.118. The molecule has 0 aliphatic rings. The first-order valence-corrected chi connectivity index (χ1v) is 12.5. The summed E-state index contributed by atoms with van der Waals surface area (Å²) < 4.78 is 11.5. The number of thiazole rings is 1. The number of thioether (sulfide) groups is 1. The van der Waals surface area contributed by atoms with Crippen molar-refractivity contribution >= 4 is 68.4 Å². The van der Waals surface area contributed by atoms with E-state index < -0.39 is 0 Å². The van der Waals surface area contributed by atoms with Crippen LogP contribution in [0.4, 0.5) is 5.13 Å². The number of nitrogens with zero attached hydrogens (tertiary/aromatic N) is 3. The van der Waals surface area contributed by atoms with Crippen LogP contribution in [0.1, 0.15) is 12.8 Å². The third kappa shape index (κ3) is 7.39. The molecule has 6 nitrogen and oxygen atoms in total. The highest BCUT2D eigenvalue weighted by molar-refractivity contribution is 7.99. The quantitative estimate of drug-likeness (QED) is 0.290. The van der Waals surface area contributed by atoms with Gasteiger partial charge in [-0.15, -0.1) is 24.2 Å². The van der Waals surface area contributed by atoms with E-state index in [9.17, 15) is 4.79 Å². The number of benzene rings is 2. The third-order valence-corrected chi connectivity index (χ3v) is 7.38. The molecule has 0 radical (unpaired) electrons. The Morgan fingerprint density at radius 2 is 1.82 bits per heavy atom. The van der Waals surface area contributed by atoms with Crippen LogP contribution in [-0.2, 0) is 4.79 Å². The summed E-state index contributed by atoms with van der Waals surface area (Å²) >= 11 is 9.48. The van der Waals surface area contributed by atoms with Crippen LogP contribution in [0.5, 0.6) is 11.5 Å². The second-order valence-electron chi connectivity index (χ2n) is 7.40. The molecule has 0 aliphatic heterocycles. The van der Waals surface area contributed by atoms with Crippen LogP contribution in [0.25, 0.3) is 10.2 Å². The first-order valence-electron chi connectivity index (χ1n) is 10.3. The number of fused-ring (bicyclic) bond motifs is 1. The largest absolute Gasteiger partial charge is 0.497 e. The van der Waals surface area contributed by atoms with E-state index in [2.05, 4.69) is 4.90 Å². The van der Waals surface area contributed by atoms with Gasteiger partial charge in [0.15, 0.2) is 5.13 Å². The van der Waals surface area contributed by atoms with Gasteiger partial charge in [0.1, 0.15) is 17.0 Å². The molecule has 0 bridgehead atoms. The first kappa shape index (κ1) is 27.5. The van der Waals surface area contributed by atoms with Crippen molar-refractivity contribution < 1.29 is 14.3 Å². The predicted molar refractivity (Wildman–Crippen MR) is 142 cm³/mol. The van der Waals surface area contributed by atoms with Gasteiger partial charge in [0, 0.05) is 23.6 Å². The number of carbonyl (C=O) groups excluding carboxylic acids is 1. The van der Waals surface area contributed by atoms with Gasteiger partial charge < -0.3 is 14.4 Å². The van der Waals surface area contributed by atoms with Crippen molar-refractivity contribution in [3.63, 3.8) is 0 Å². The molecule has 10 heteroatoms. The van der Waals surface area contributed by atoms with Gasteiger partial charge in [-0.05, 0) is 63.5 Å². The lowest BCUT2D eigenvalue weighted by atomic mass is 10.3. The van der Waals surface area contributed by atoms with E-state index >= 15 is 0 Å². The smallest absolute Gasteiger partial charge is 0.229 e. The Kier molecular flexibility index (Phi) is 11.1. The zero-order valence-corrected chi connectivity index (χ0v) is 22.4. The van der Waals surface area contributed by atoms with Crippen LogP contribution in [0.15, 0.2) is 41.3 Å². The maximum Gasteiger partial charge on any atom is 0.229 e. The molecule has 33 heavy (non-hydrogen) atoms. The summed E-state index contributed by atoms with van der Waals surface area (Å²) in [6, 6.07) is 11.5. The molecule has 0 N–H and O–H groups in total. The molecule has 0 unspecified atom stereocenters. The molecular weight excluding hydrogens is 501 g/mol. The number of amides is 1. The maximum absolute atomic E-state index is 13.2. The fraction of sp³-hybridized carbons (Fsp3) is 0.391. The van der Waals surface area contributed by atoms with Gasteiger partial charge in [0.05, 0.1) is 23.9 Å². The van der Waals surface area contributed by atoms with Gasteiger partial charge in [-0.25, -0.2) is 4.98 Å². The van der Waals surface area contributed by atoms with Gasteiger partial charge in [-0.3, -0.25) is 9.69 Å². The Morgan fingerprint density at radius 3 is 2.45 bits per heavy atom. The molecule has 0 spiro atoms. The van der Waals surface area contributed by atoms with Crippen molar-refractivity contribution in [1.82, 2.24) is 9.88 Å². The van der Waals surface area contributed by atoms with Gasteiger partial charge >= 0.3 is 0 Å². The summed E-state index contributed by atoms with van der Waals surface area (Å²) in [5, 5.41) is 1.27. The molecule has 1 heterocycles. The third-order valence-electron chi connectivity index (χ3n) is 4.83. The zero-order chi connectivity index (χ0) is 23.1. The highest BCUT2D eigenvalue weighted by Crippen LogP contribution is 2.39. The van der Waals surface area contributed by atoms with Crippen LogP contribution in [-0.4, -0.2) is 62.9 Å². The van der Waals surface area contributed by atoms with Crippen molar-refractivity contribution in [3.8, 4) is 11.5 Å². The second-order valence-corrected chi connectivity index (χ2v) is 9.95. The van der Waals surface area contributed by atoms with Crippen molar-refractivity contribution in [1.29, 1.82) is 0 Å². The fourth-order valence-electron chi connectivity index (χ4n) is 3.16. The molecule has 1 aromatic heterocycles. The number of hydrogen-bond acceptors (Lipinski definition) is 7. The molecule has 3 rings (SSSR count). The summed E-state index contributed by atoms with van der Waals surface area (Å²) in [7, 11) is 7.31. The van der Waals surface area contributed by atoms with Crippen LogP contribution < -0.4 is 14.4 Å². The predicted octanol–water partition coefficient (Wildman–Crippen LogP) is 5.86. The average molecular weight is 531 g/mol. The lowest BCUT2D eigenvalue weighted by Gasteiger charge is -2.21. The van der Waals surface area contributed by atoms with Crippen molar-refractivity contribution in [2.75, 3.05) is 52.1 Å². The lowest BCUT2D eigenvalue weighted by Crippen LogP contribution is -2.33.